The molecule has 0 aliphatic carbocycles. The van der Waals surface area contributed by atoms with Gasteiger partial charge in [-0.2, -0.15) is 0 Å². The van der Waals surface area contributed by atoms with E-state index in [9.17, 15) is 4.79 Å². The quantitative estimate of drug-likeness (QED) is 0.702. The van der Waals surface area contributed by atoms with Crippen LogP contribution < -0.4 is 16.1 Å². The Balaban J connectivity index is 1.92. The molecule has 1 atom stereocenters. The summed E-state index contributed by atoms with van der Waals surface area (Å²) in [7, 11) is 0. The number of nitrogens with zero attached hydrogens (tertiary/aromatic N) is 1. The number of benzene rings is 1. The summed E-state index contributed by atoms with van der Waals surface area (Å²) >= 11 is 0. The molecule has 3 rings (SSSR count). The molecule has 3 N–H and O–H groups in total. The highest BCUT2D eigenvalue weighted by atomic mass is 16.2. The van der Waals surface area contributed by atoms with Gasteiger partial charge in [0.2, 0.25) is 0 Å². The Morgan fingerprint density at radius 2 is 1.86 bits per heavy atom. The maximum absolute atomic E-state index is 13.5. The van der Waals surface area contributed by atoms with Crippen LogP contribution in [-0.2, 0) is 16.8 Å². The number of amides is 1. The minimum absolute atomic E-state index is 0.0144. The Kier molecular flexibility index (Phi) is 5.76. The largest absolute Gasteiger partial charge is 0.370 e. The smallest absolute Gasteiger partial charge is 0.253 e. The van der Waals surface area contributed by atoms with Crippen LogP contribution in [0.4, 0.5) is 0 Å². The van der Waals surface area contributed by atoms with E-state index in [1.807, 2.05) is 0 Å². The van der Waals surface area contributed by atoms with E-state index in [1.54, 1.807) is 0 Å². The van der Waals surface area contributed by atoms with E-state index in [0.717, 1.165) is 43.6 Å². The third-order valence-electron chi connectivity index (χ3n) is 6.59. The highest BCUT2D eigenvalue weighted by molar-refractivity contribution is 5.96. The first-order valence-electron chi connectivity index (χ1n) is 10.7. The second-order valence-corrected chi connectivity index (χ2v) is 8.73. The van der Waals surface area contributed by atoms with Crippen LogP contribution in [0.25, 0.3) is 0 Å². The molecule has 5 nitrogen and oxygen atoms in total. The van der Waals surface area contributed by atoms with Gasteiger partial charge in [-0.1, -0.05) is 45.0 Å². The molecule has 0 bridgehead atoms. The number of carbonyl (C=O) groups excluding carboxylic acids is 1. The number of nitrogens with one attached hydrogen (secondary N) is 3. The van der Waals surface area contributed by atoms with Crippen molar-refractivity contribution in [1.82, 2.24) is 21.1 Å². The zero-order chi connectivity index (χ0) is 20.5. The van der Waals surface area contributed by atoms with Crippen LogP contribution in [0.2, 0.25) is 0 Å². The molecule has 2 heterocycles. The SMILES string of the molecule is CCc1ccc(C(CC)(CC)NC(=O)C2=C3NCCC(C)(C)N3NC2C)cc1. The Labute approximate surface area is 169 Å². The predicted molar refractivity (Wildman–Crippen MR) is 114 cm³/mol. The summed E-state index contributed by atoms with van der Waals surface area (Å²) in [6.07, 6.45) is 3.76. The number of rotatable bonds is 6. The zero-order valence-electron chi connectivity index (χ0n) is 18.3. The van der Waals surface area contributed by atoms with Crippen LogP contribution in [-0.4, -0.2) is 29.0 Å². The molecule has 1 fully saturated rings. The fourth-order valence-electron chi connectivity index (χ4n) is 4.45. The lowest BCUT2D eigenvalue weighted by atomic mass is 9.83. The average molecular weight is 385 g/mol. The first-order chi connectivity index (χ1) is 13.3. The first kappa shape index (κ1) is 20.7. The lowest BCUT2D eigenvalue weighted by Gasteiger charge is -2.43. The molecule has 1 aromatic carbocycles. The van der Waals surface area contributed by atoms with Crippen molar-refractivity contribution in [2.45, 2.75) is 84.3 Å². The van der Waals surface area contributed by atoms with Crippen LogP contribution in [0.1, 0.15) is 71.9 Å². The topological polar surface area (TPSA) is 56.4 Å². The first-order valence-corrected chi connectivity index (χ1v) is 10.7. The van der Waals surface area contributed by atoms with E-state index in [-0.39, 0.29) is 23.0 Å². The molecule has 1 saturated heterocycles. The van der Waals surface area contributed by atoms with Crippen molar-refractivity contribution in [3.05, 3.63) is 46.8 Å². The monoisotopic (exact) mass is 384 g/mol. The van der Waals surface area contributed by atoms with Crippen molar-refractivity contribution in [3.63, 3.8) is 0 Å². The molecule has 0 radical (unpaired) electrons. The Morgan fingerprint density at radius 3 is 2.43 bits per heavy atom. The van der Waals surface area contributed by atoms with Crippen molar-refractivity contribution in [2.75, 3.05) is 6.54 Å². The van der Waals surface area contributed by atoms with Crippen molar-refractivity contribution >= 4 is 5.91 Å². The van der Waals surface area contributed by atoms with Gasteiger partial charge in [0.1, 0.15) is 5.82 Å². The Hall–Kier alpha value is -2.01. The van der Waals surface area contributed by atoms with Gasteiger partial charge in [-0.3, -0.25) is 9.80 Å². The second-order valence-electron chi connectivity index (χ2n) is 8.73. The molecule has 1 amide bonds. The molecule has 1 aromatic rings. The van der Waals surface area contributed by atoms with E-state index in [4.69, 9.17) is 0 Å². The number of hydrogen-bond acceptors (Lipinski definition) is 4. The van der Waals surface area contributed by atoms with E-state index in [2.05, 4.69) is 86.9 Å². The zero-order valence-corrected chi connectivity index (χ0v) is 18.3. The molecule has 0 saturated carbocycles. The van der Waals surface area contributed by atoms with Crippen LogP contribution in [0, 0.1) is 0 Å². The normalized spacial score (nSPS) is 21.4. The molecule has 5 heteroatoms. The molecule has 2 aliphatic rings. The van der Waals surface area contributed by atoms with Crippen LogP contribution in [0.5, 0.6) is 0 Å². The minimum Gasteiger partial charge on any atom is -0.370 e. The van der Waals surface area contributed by atoms with Crippen molar-refractivity contribution < 1.29 is 4.79 Å². The highest BCUT2D eigenvalue weighted by Crippen LogP contribution is 2.34. The summed E-state index contributed by atoms with van der Waals surface area (Å²) in [5.41, 5.74) is 6.43. The second kappa shape index (κ2) is 7.78. The Bertz CT molecular complexity index is 746. The van der Waals surface area contributed by atoms with Gasteiger partial charge < -0.3 is 10.6 Å². The van der Waals surface area contributed by atoms with E-state index in [1.165, 1.54) is 11.1 Å². The van der Waals surface area contributed by atoms with Gasteiger partial charge in [0, 0.05) is 6.54 Å². The summed E-state index contributed by atoms with van der Waals surface area (Å²) in [5.74, 6) is 0.953. The van der Waals surface area contributed by atoms with E-state index >= 15 is 0 Å². The van der Waals surface area contributed by atoms with Gasteiger partial charge in [0.25, 0.3) is 5.91 Å². The van der Waals surface area contributed by atoms with E-state index < -0.39 is 0 Å². The Morgan fingerprint density at radius 1 is 1.21 bits per heavy atom. The van der Waals surface area contributed by atoms with Crippen molar-refractivity contribution in [3.8, 4) is 0 Å². The van der Waals surface area contributed by atoms with Crippen LogP contribution in [0.15, 0.2) is 35.7 Å². The van der Waals surface area contributed by atoms with Gasteiger partial charge in [-0.05, 0) is 57.6 Å². The maximum atomic E-state index is 13.5. The summed E-state index contributed by atoms with van der Waals surface area (Å²) in [6, 6.07) is 8.68. The minimum atomic E-state index is -0.353. The molecule has 154 valence electrons. The lowest BCUT2D eigenvalue weighted by Crippen LogP contribution is -2.56. The van der Waals surface area contributed by atoms with Gasteiger partial charge >= 0.3 is 0 Å². The summed E-state index contributed by atoms with van der Waals surface area (Å²) < 4.78 is 0. The third kappa shape index (κ3) is 3.52. The molecule has 0 aromatic heterocycles. The molecule has 0 spiro atoms. The van der Waals surface area contributed by atoms with Crippen molar-refractivity contribution in [2.24, 2.45) is 0 Å². The number of fused-ring (bicyclic) bond motifs is 1. The molecule has 28 heavy (non-hydrogen) atoms. The van der Waals surface area contributed by atoms with Crippen LogP contribution in [0.3, 0.4) is 0 Å². The van der Waals surface area contributed by atoms with Crippen molar-refractivity contribution in [1.29, 1.82) is 0 Å². The standard InChI is InChI=1S/C23H36N4O/c1-7-17-10-12-18(13-11-17)23(8-2,9-3)25-21(28)19-16(4)26-27-20(19)24-15-14-22(27,5)6/h10-13,16,24,26H,7-9,14-15H2,1-6H3,(H,25,28). The number of aryl methyl sites for hydroxylation is 1. The summed E-state index contributed by atoms with van der Waals surface area (Å²) in [6.45, 7) is 13.8. The van der Waals surface area contributed by atoms with Gasteiger partial charge in [0.05, 0.1) is 22.7 Å². The fourth-order valence-corrected chi connectivity index (χ4v) is 4.45. The molecular formula is C23H36N4O. The van der Waals surface area contributed by atoms with Gasteiger partial charge in [0.15, 0.2) is 0 Å². The molecule has 1 unspecified atom stereocenters. The maximum Gasteiger partial charge on any atom is 0.253 e. The lowest BCUT2D eigenvalue weighted by molar-refractivity contribution is -0.119. The average Bonchev–Trinajstić information content (AvgIpc) is 3.04. The number of carbonyl (C=O) groups is 1. The third-order valence-corrected chi connectivity index (χ3v) is 6.59. The predicted octanol–water partition coefficient (Wildman–Crippen LogP) is 3.57. The van der Waals surface area contributed by atoms with Gasteiger partial charge in [-0.15, -0.1) is 0 Å². The summed E-state index contributed by atoms with van der Waals surface area (Å²) in [5, 5.41) is 9.01. The highest BCUT2D eigenvalue weighted by Gasteiger charge is 2.43. The fraction of sp³-hybridized carbons (Fsp3) is 0.609. The molecular weight excluding hydrogens is 348 g/mol. The number of hydrogen-bond donors (Lipinski definition) is 3. The van der Waals surface area contributed by atoms with Gasteiger partial charge in [-0.25, -0.2) is 5.43 Å². The number of hydrazine groups is 1. The summed E-state index contributed by atoms with van der Waals surface area (Å²) in [4.78, 5) is 13.5. The van der Waals surface area contributed by atoms with E-state index in [0.29, 0.717) is 0 Å². The molecule has 2 aliphatic heterocycles. The van der Waals surface area contributed by atoms with Crippen LogP contribution >= 0.6 is 0 Å².